The van der Waals surface area contributed by atoms with Crippen LogP contribution in [0.2, 0.25) is 0 Å². The number of hydrogen-bond acceptors (Lipinski definition) is 3. The average Bonchev–Trinajstić information content (AvgIpc) is 2.18. The van der Waals surface area contributed by atoms with Crippen molar-refractivity contribution in [2.24, 2.45) is 17.8 Å². The molecule has 0 aromatic heterocycles. The number of nitrogens with one attached hydrogen (secondary N) is 1. The van der Waals surface area contributed by atoms with E-state index >= 15 is 0 Å². The molecule has 2 fully saturated rings. The maximum atomic E-state index is 11.5. The number of imide groups is 1. The first-order valence-corrected chi connectivity index (χ1v) is 4.98. The van der Waals surface area contributed by atoms with Crippen LogP contribution < -0.4 is 5.32 Å². The van der Waals surface area contributed by atoms with Gasteiger partial charge in [-0.15, -0.1) is 0 Å². The lowest BCUT2D eigenvalue weighted by atomic mass is 9.70. The first-order valence-electron chi connectivity index (χ1n) is 4.98. The van der Waals surface area contributed by atoms with E-state index in [1.807, 2.05) is 6.07 Å². The normalized spacial score (nSPS) is 36.9. The lowest BCUT2D eigenvalue weighted by molar-refractivity contribution is -0.143. The van der Waals surface area contributed by atoms with Crippen molar-refractivity contribution in [3.05, 3.63) is 0 Å². The van der Waals surface area contributed by atoms with E-state index in [1.54, 1.807) is 0 Å². The summed E-state index contributed by atoms with van der Waals surface area (Å²) in [7, 11) is 0. The molecule has 1 aliphatic heterocycles. The molecule has 0 aromatic carbocycles. The Kier molecular flexibility index (Phi) is 2.24. The first-order chi connectivity index (χ1) is 6.74. The molecule has 0 bridgehead atoms. The van der Waals surface area contributed by atoms with Crippen LogP contribution in [0.1, 0.15) is 25.7 Å². The standard InChI is InChI=1S/C10H12N2O2/c11-5-8-6-3-1-2-4-7(6)9(13)12-10(8)14/h6-8H,1-4H2,(H,12,13,14)/t6-,7-,8+/m1/s1. The maximum absolute atomic E-state index is 11.5. The zero-order chi connectivity index (χ0) is 10.1. The Bertz CT molecular complexity index is 319. The van der Waals surface area contributed by atoms with Crippen molar-refractivity contribution in [2.45, 2.75) is 25.7 Å². The van der Waals surface area contributed by atoms with Crippen LogP contribution in [0, 0.1) is 29.1 Å². The molecule has 4 nitrogen and oxygen atoms in total. The van der Waals surface area contributed by atoms with E-state index in [0.717, 1.165) is 25.7 Å². The Morgan fingerprint density at radius 1 is 1.21 bits per heavy atom. The zero-order valence-corrected chi connectivity index (χ0v) is 7.82. The number of piperidine rings is 1. The third-order valence-electron chi connectivity index (χ3n) is 3.25. The molecule has 0 spiro atoms. The van der Waals surface area contributed by atoms with Gasteiger partial charge in [0.15, 0.2) is 0 Å². The number of hydrogen-bond donors (Lipinski definition) is 1. The molecule has 14 heavy (non-hydrogen) atoms. The summed E-state index contributed by atoms with van der Waals surface area (Å²) in [4.78, 5) is 22.8. The van der Waals surface area contributed by atoms with Crippen molar-refractivity contribution in [1.29, 1.82) is 5.26 Å². The lowest BCUT2D eigenvalue weighted by Gasteiger charge is -2.36. The molecule has 0 aromatic rings. The van der Waals surface area contributed by atoms with E-state index in [-0.39, 0.29) is 17.7 Å². The fourth-order valence-electron chi connectivity index (χ4n) is 2.52. The molecule has 1 aliphatic carbocycles. The Labute approximate surface area is 82.3 Å². The minimum absolute atomic E-state index is 0.0324. The van der Waals surface area contributed by atoms with E-state index in [1.165, 1.54) is 0 Å². The molecule has 0 unspecified atom stereocenters. The van der Waals surface area contributed by atoms with Gasteiger partial charge >= 0.3 is 0 Å². The van der Waals surface area contributed by atoms with Crippen molar-refractivity contribution in [1.82, 2.24) is 5.32 Å². The predicted octanol–water partition coefficient (Wildman–Crippen LogP) is 0.589. The second-order valence-electron chi connectivity index (χ2n) is 4.02. The summed E-state index contributed by atoms with van der Waals surface area (Å²) in [5, 5.41) is 11.1. The van der Waals surface area contributed by atoms with Crippen LogP contribution in [0.3, 0.4) is 0 Å². The molecule has 2 rings (SSSR count). The third kappa shape index (κ3) is 1.29. The first kappa shape index (κ1) is 9.20. The van der Waals surface area contributed by atoms with Gasteiger partial charge in [0.25, 0.3) is 0 Å². The van der Waals surface area contributed by atoms with Gasteiger partial charge < -0.3 is 0 Å². The quantitative estimate of drug-likeness (QED) is 0.571. The zero-order valence-electron chi connectivity index (χ0n) is 7.82. The minimum atomic E-state index is -0.613. The molecule has 2 aliphatic rings. The minimum Gasteiger partial charge on any atom is -0.295 e. The van der Waals surface area contributed by atoms with Gasteiger partial charge in [-0.2, -0.15) is 5.26 Å². The van der Waals surface area contributed by atoms with Crippen LogP contribution in [-0.2, 0) is 9.59 Å². The fourth-order valence-corrected chi connectivity index (χ4v) is 2.52. The molecular weight excluding hydrogens is 180 g/mol. The SMILES string of the molecule is N#C[C@@H]1C(=O)NC(=O)[C@@H]2CCCC[C@@H]12. The molecule has 1 saturated heterocycles. The van der Waals surface area contributed by atoms with E-state index in [9.17, 15) is 9.59 Å². The Morgan fingerprint density at radius 2 is 1.93 bits per heavy atom. The van der Waals surface area contributed by atoms with Crippen LogP contribution in [0.4, 0.5) is 0 Å². The van der Waals surface area contributed by atoms with E-state index in [0.29, 0.717) is 0 Å². The summed E-state index contributed by atoms with van der Waals surface area (Å²) in [6.07, 6.45) is 3.71. The van der Waals surface area contributed by atoms with Crippen molar-refractivity contribution < 1.29 is 9.59 Å². The highest BCUT2D eigenvalue weighted by atomic mass is 16.2. The van der Waals surface area contributed by atoms with Gasteiger partial charge in [0.05, 0.1) is 6.07 Å². The summed E-state index contributed by atoms with van der Waals surface area (Å²) in [5.41, 5.74) is 0. The second kappa shape index (κ2) is 3.41. The monoisotopic (exact) mass is 192 g/mol. The second-order valence-corrected chi connectivity index (χ2v) is 4.02. The number of fused-ring (bicyclic) bond motifs is 1. The number of rotatable bonds is 0. The summed E-state index contributed by atoms with van der Waals surface area (Å²) in [6.45, 7) is 0. The van der Waals surface area contributed by atoms with Gasteiger partial charge in [-0.1, -0.05) is 12.8 Å². The van der Waals surface area contributed by atoms with Gasteiger partial charge in [0.2, 0.25) is 11.8 Å². The third-order valence-corrected chi connectivity index (χ3v) is 3.25. The van der Waals surface area contributed by atoms with Gasteiger partial charge in [-0.05, 0) is 18.8 Å². The van der Waals surface area contributed by atoms with Crippen molar-refractivity contribution >= 4 is 11.8 Å². The number of amides is 2. The summed E-state index contributed by atoms with van der Waals surface area (Å²) in [5.74, 6) is -1.33. The predicted molar refractivity (Wildman–Crippen MR) is 47.7 cm³/mol. The molecular formula is C10H12N2O2. The van der Waals surface area contributed by atoms with Gasteiger partial charge in [-0.3, -0.25) is 14.9 Å². The number of carbonyl (C=O) groups excluding carboxylic acids is 2. The van der Waals surface area contributed by atoms with Gasteiger partial charge in [-0.25, -0.2) is 0 Å². The fraction of sp³-hybridized carbons (Fsp3) is 0.700. The molecule has 4 heteroatoms. The van der Waals surface area contributed by atoms with Crippen LogP contribution in [0.25, 0.3) is 0 Å². The smallest absolute Gasteiger partial charge is 0.244 e. The van der Waals surface area contributed by atoms with Crippen LogP contribution in [0.5, 0.6) is 0 Å². The van der Waals surface area contributed by atoms with E-state index in [4.69, 9.17) is 5.26 Å². The van der Waals surface area contributed by atoms with Crippen LogP contribution in [0.15, 0.2) is 0 Å². The molecule has 1 saturated carbocycles. The van der Waals surface area contributed by atoms with E-state index < -0.39 is 11.8 Å². The molecule has 0 radical (unpaired) electrons. The maximum Gasteiger partial charge on any atom is 0.244 e. The van der Waals surface area contributed by atoms with Crippen molar-refractivity contribution in [3.8, 4) is 6.07 Å². The number of nitriles is 1. The number of carbonyl (C=O) groups is 2. The highest BCUT2D eigenvalue weighted by molar-refractivity contribution is 6.01. The number of nitrogens with zero attached hydrogens (tertiary/aromatic N) is 1. The Morgan fingerprint density at radius 3 is 2.64 bits per heavy atom. The molecule has 1 heterocycles. The molecule has 74 valence electrons. The Hall–Kier alpha value is -1.37. The Balaban J connectivity index is 2.25. The summed E-state index contributed by atoms with van der Waals surface area (Å²) >= 11 is 0. The molecule has 2 amide bonds. The largest absolute Gasteiger partial charge is 0.295 e. The van der Waals surface area contributed by atoms with E-state index in [2.05, 4.69) is 5.32 Å². The summed E-state index contributed by atoms with van der Waals surface area (Å²) in [6, 6.07) is 2.01. The van der Waals surface area contributed by atoms with Crippen molar-refractivity contribution in [2.75, 3.05) is 0 Å². The van der Waals surface area contributed by atoms with Crippen LogP contribution >= 0.6 is 0 Å². The van der Waals surface area contributed by atoms with Gasteiger partial charge in [0, 0.05) is 5.92 Å². The molecule has 3 atom stereocenters. The van der Waals surface area contributed by atoms with Crippen LogP contribution in [-0.4, -0.2) is 11.8 Å². The molecule has 1 N–H and O–H groups in total. The average molecular weight is 192 g/mol. The highest BCUT2D eigenvalue weighted by Crippen LogP contribution is 2.37. The summed E-state index contributed by atoms with van der Waals surface area (Å²) < 4.78 is 0. The topological polar surface area (TPSA) is 70.0 Å². The van der Waals surface area contributed by atoms with Crippen molar-refractivity contribution in [3.63, 3.8) is 0 Å². The van der Waals surface area contributed by atoms with Gasteiger partial charge in [0.1, 0.15) is 5.92 Å². The highest BCUT2D eigenvalue weighted by Gasteiger charge is 2.44. The lowest BCUT2D eigenvalue weighted by Crippen LogP contribution is -2.52.